The second kappa shape index (κ2) is 5.16. The molecule has 3 heteroatoms. The van der Waals surface area contributed by atoms with Crippen molar-refractivity contribution in [3.8, 4) is 5.75 Å². The van der Waals surface area contributed by atoms with E-state index in [1.54, 1.807) is 0 Å². The van der Waals surface area contributed by atoms with E-state index in [1.165, 1.54) is 0 Å². The number of H-pyrrole nitrogens is 1. The quantitative estimate of drug-likeness (QED) is 0.749. The smallest absolute Gasteiger partial charge is 0.129 e. The lowest BCUT2D eigenvalue weighted by molar-refractivity contribution is 0.279. The Kier molecular flexibility index (Phi) is 3.21. The van der Waals surface area contributed by atoms with Gasteiger partial charge in [0.2, 0.25) is 0 Å². The van der Waals surface area contributed by atoms with Gasteiger partial charge < -0.3 is 14.8 Å². The molecule has 0 aliphatic heterocycles. The van der Waals surface area contributed by atoms with Crippen molar-refractivity contribution < 1.29 is 9.84 Å². The molecular formula is C16H15NO2. The van der Waals surface area contributed by atoms with Gasteiger partial charge in [0.05, 0.1) is 6.61 Å². The Morgan fingerprint density at radius 2 is 1.84 bits per heavy atom. The summed E-state index contributed by atoms with van der Waals surface area (Å²) < 4.78 is 5.88. The van der Waals surface area contributed by atoms with Crippen LogP contribution in [0.25, 0.3) is 10.9 Å². The fourth-order valence-electron chi connectivity index (χ4n) is 2.14. The van der Waals surface area contributed by atoms with Crippen molar-refractivity contribution >= 4 is 10.9 Å². The van der Waals surface area contributed by atoms with E-state index in [2.05, 4.69) is 4.98 Å². The number of fused-ring (bicyclic) bond motifs is 1. The van der Waals surface area contributed by atoms with E-state index in [4.69, 9.17) is 4.74 Å². The molecule has 2 aromatic carbocycles. The maximum atomic E-state index is 9.27. The van der Waals surface area contributed by atoms with Gasteiger partial charge in [0.15, 0.2) is 0 Å². The first kappa shape index (κ1) is 11.8. The van der Waals surface area contributed by atoms with Crippen molar-refractivity contribution in [3.63, 3.8) is 0 Å². The molecule has 3 nitrogen and oxygen atoms in total. The summed E-state index contributed by atoms with van der Waals surface area (Å²) in [4.78, 5) is 3.14. The third-order valence-corrected chi connectivity index (χ3v) is 3.11. The zero-order valence-corrected chi connectivity index (χ0v) is 10.5. The molecule has 0 unspecified atom stereocenters. The number of aromatic amines is 1. The van der Waals surface area contributed by atoms with Crippen LogP contribution in [0.15, 0.2) is 54.7 Å². The first-order valence-corrected chi connectivity index (χ1v) is 6.24. The summed E-state index contributed by atoms with van der Waals surface area (Å²) in [6.45, 7) is 0.534. The van der Waals surface area contributed by atoms with Crippen molar-refractivity contribution in [3.05, 3.63) is 65.9 Å². The molecule has 0 radical (unpaired) electrons. The fraction of sp³-hybridized carbons (Fsp3) is 0.125. The maximum Gasteiger partial charge on any atom is 0.129 e. The van der Waals surface area contributed by atoms with E-state index >= 15 is 0 Å². The number of aliphatic hydroxyl groups excluding tert-OH is 1. The third kappa shape index (κ3) is 2.46. The molecule has 0 saturated carbocycles. The Balaban J connectivity index is 1.89. The van der Waals surface area contributed by atoms with Gasteiger partial charge in [-0.05, 0) is 29.3 Å². The Bertz CT molecular complexity index is 674. The van der Waals surface area contributed by atoms with Crippen molar-refractivity contribution in [1.29, 1.82) is 0 Å². The number of aromatic nitrogens is 1. The average Bonchev–Trinajstić information content (AvgIpc) is 2.94. The van der Waals surface area contributed by atoms with E-state index in [0.717, 1.165) is 27.8 Å². The fourth-order valence-corrected chi connectivity index (χ4v) is 2.14. The van der Waals surface area contributed by atoms with Crippen LogP contribution in [0.5, 0.6) is 5.75 Å². The second-order valence-electron chi connectivity index (χ2n) is 4.47. The topological polar surface area (TPSA) is 45.2 Å². The molecule has 0 amide bonds. The van der Waals surface area contributed by atoms with E-state index in [1.807, 2.05) is 54.7 Å². The second-order valence-corrected chi connectivity index (χ2v) is 4.47. The Morgan fingerprint density at radius 1 is 1.00 bits per heavy atom. The molecule has 19 heavy (non-hydrogen) atoms. The molecule has 3 rings (SSSR count). The molecule has 1 aromatic heterocycles. The van der Waals surface area contributed by atoms with E-state index in [0.29, 0.717) is 6.61 Å². The highest BCUT2D eigenvalue weighted by molar-refractivity contribution is 5.86. The SMILES string of the molecule is OCc1cc(OCc2ccccc2)c2cc[nH]c2c1. The number of benzene rings is 2. The van der Waals surface area contributed by atoms with E-state index < -0.39 is 0 Å². The summed E-state index contributed by atoms with van der Waals surface area (Å²) in [5.74, 6) is 0.798. The summed E-state index contributed by atoms with van der Waals surface area (Å²) in [7, 11) is 0. The van der Waals surface area contributed by atoms with Gasteiger partial charge in [0.25, 0.3) is 0 Å². The highest BCUT2D eigenvalue weighted by atomic mass is 16.5. The molecule has 0 aliphatic carbocycles. The first-order valence-electron chi connectivity index (χ1n) is 6.24. The number of rotatable bonds is 4. The minimum absolute atomic E-state index is 0.0106. The zero-order valence-electron chi connectivity index (χ0n) is 10.5. The summed E-state index contributed by atoms with van der Waals surface area (Å²) in [6.07, 6.45) is 1.88. The summed E-state index contributed by atoms with van der Waals surface area (Å²) >= 11 is 0. The van der Waals surface area contributed by atoms with Gasteiger partial charge in [0.1, 0.15) is 12.4 Å². The van der Waals surface area contributed by atoms with Crippen LogP contribution < -0.4 is 4.74 Å². The monoisotopic (exact) mass is 253 g/mol. The molecule has 1 heterocycles. The van der Waals surface area contributed by atoms with Gasteiger partial charge in [-0.3, -0.25) is 0 Å². The van der Waals surface area contributed by atoms with E-state index in [9.17, 15) is 5.11 Å². The molecule has 0 aliphatic rings. The van der Waals surface area contributed by atoms with Gasteiger partial charge in [-0.15, -0.1) is 0 Å². The molecule has 96 valence electrons. The van der Waals surface area contributed by atoms with Crippen LogP contribution in [-0.2, 0) is 13.2 Å². The molecule has 0 saturated heterocycles. The molecule has 3 aromatic rings. The van der Waals surface area contributed by atoms with Gasteiger partial charge in [0, 0.05) is 17.1 Å². The van der Waals surface area contributed by atoms with Gasteiger partial charge in [-0.25, -0.2) is 0 Å². The zero-order chi connectivity index (χ0) is 13.1. The third-order valence-electron chi connectivity index (χ3n) is 3.11. The summed E-state index contributed by atoms with van der Waals surface area (Å²) in [5, 5.41) is 10.3. The Labute approximate surface area is 111 Å². The normalized spacial score (nSPS) is 10.8. The lowest BCUT2D eigenvalue weighted by atomic mass is 10.1. The minimum atomic E-state index is 0.0106. The predicted octanol–water partition coefficient (Wildman–Crippen LogP) is 3.24. The molecule has 0 spiro atoms. The molecule has 0 atom stereocenters. The van der Waals surface area contributed by atoms with Crippen LogP contribution >= 0.6 is 0 Å². The van der Waals surface area contributed by atoms with Crippen molar-refractivity contribution in [2.24, 2.45) is 0 Å². The highest BCUT2D eigenvalue weighted by Gasteiger charge is 2.06. The van der Waals surface area contributed by atoms with E-state index in [-0.39, 0.29) is 6.61 Å². The number of ether oxygens (including phenoxy) is 1. The minimum Gasteiger partial charge on any atom is -0.488 e. The van der Waals surface area contributed by atoms with Crippen LogP contribution in [0.3, 0.4) is 0 Å². The van der Waals surface area contributed by atoms with Crippen molar-refractivity contribution in [1.82, 2.24) is 4.98 Å². The van der Waals surface area contributed by atoms with Crippen LogP contribution in [0, 0.1) is 0 Å². The number of hydrogen-bond donors (Lipinski definition) is 2. The lowest BCUT2D eigenvalue weighted by Gasteiger charge is -2.09. The van der Waals surface area contributed by atoms with Crippen molar-refractivity contribution in [2.75, 3.05) is 0 Å². The largest absolute Gasteiger partial charge is 0.488 e. The summed E-state index contributed by atoms with van der Waals surface area (Å²) in [6, 6.07) is 15.8. The van der Waals surface area contributed by atoms with Gasteiger partial charge in [-0.1, -0.05) is 30.3 Å². The van der Waals surface area contributed by atoms with Crippen LogP contribution in [-0.4, -0.2) is 10.1 Å². The van der Waals surface area contributed by atoms with Crippen molar-refractivity contribution in [2.45, 2.75) is 13.2 Å². The molecule has 2 N–H and O–H groups in total. The average molecular weight is 253 g/mol. The summed E-state index contributed by atoms with van der Waals surface area (Å²) in [5.41, 5.74) is 2.95. The number of hydrogen-bond acceptors (Lipinski definition) is 2. The van der Waals surface area contributed by atoms with Crippen LogP contribution in [0.1, 0.15) is 11.1 Å². The highest BCUT2D eigenvalue weighted by Crippen LogP contribution is 2.27. The Hall–Kier alpha value is -2.26. The van der Waals surface area contributed by atoms with Crippen LogP contribution in [0.4, 0.5) is 0 Å². The molecule has 0 bridgehead atoms. The van der Waals surface area contributed by atoms with Crippen LogP contribution in [0.2, 0.25) is 0 Å². The molecular weight excluding hydrogens is 238 g/mol. The number of nitrogens with one attached hydrogen (secondary N) is 1. The molecule has 0 fully saturated rings. The Morgan fingerprint density at radius 3 is 2.63 bits per heavy atom. The maximum absolute atomic E-state index is 9.27. The lowest BCUT2D eigenvalue weighted by Crippen LogP contribution is -1.96. The first-order chi connectivity index (χ1) is 9.36. The standard InChI is InChI=1S/C16H15NO2/c18-10-13-8-15-14(6-7-17-15)16(9-13)19-11-12-4-2-1-3-5-12/h1-9,17-18H,10-11H2. The predicted molar refractivity (Wildman–Crippen MR) is 75.0 cm³/mol. The van der Waals surface area contributed by atoms with Gasteiger partial charge >= 0.3 is 0 Å². The van der Waals surface area contributed by atoms with Gasteiger partial charge in [-0.2, -0.15) is 0 Å². The number of aliphatic hydroxyl groups is 1.